The molecule has 5 N–H and O–H groups in total. The number of hydrogen-bond acceptors (Lipinski definition) is 4. The zero-order valence-electron chi connectivity index (χ0n) is 14.0. The topological polar surface area (TPSA) is 111 Å². The van der Waals surface area contributed by atoms with Crippen LogP contribution in [0.5, 0.6) is 0 Å². The summed E-state index contributed by atoms with van der Waals surface area (Å²) in [4.78, 5) is 31.0. The van der Waals surface area contributed by atoms with Gasteiger partial charge in [-0.3, -0.25) is 9.59 Å². The number of nitrogens with two attached hydrogens (primary N) is 1. The van der Waals surface area contributed by atoms with Gasteiger partial charge in [0.15, 0.2) is 5.69 Å². The summed E-state index contributed by atoms with van der Waals surface area (Å²) in [6, 6.07) is 12.0. The second-order valence-electron chi connectivity index (χ2n) is 6.10. The van der Waals surface area contributed by atoms with Crippen molar-refractivity contribution in [3.05, 3.63) is 64.8 Å². The summed E-state index contributed by atoms with van der Waals surface area (Å²) in [5.41, 5.74) is 9.31. The highest BCUT2D eigenvalue weighted by atomic mass is 35.5. The first-order valence-electron chi connectivity index (χ1n) is 8.18. The van der Waals surface area contributed by atoms with E-state index in [0.717, 1.165) is 16.8 Å². The van der Waals surface area contributed by atoms with Crippen LogP contribution in [0.2, 0.25) is 5.02 Å². The van der Waals surface area contributed by atoms with Crippen molar-refractivity contribution in [1.29, 1.82) is 0 Å². The summed E-state index contributed by atoms with van der Waals surface area (Å²) >= 11 is 6.06. The maximum absolute atomic E-state index is 12.1. The Hall–Kier alpha value is -3.45. The average molecular weight is 381 g/mol. The standard InChI is InChI=1S/C19H14ClN5O2/c20-12-3-6-14-15(8-12)24-16(26)7-11-9-22-19(25-17(11)14)23-13-4-1-10(2-5-13)18(21)27/h1-6,8-9H,7H2,(H2,21,27)(H,24,26)(H,22,23,25)/p+1. The van der Waals surface area contributed by atoms with Crippen molar-refractivity contribution in [3.63, 3.8) is 0 Å². The molecule has 4 rings (SSSR count). The van der Waals surface area contributed by atoms with Crippen molar-refractivity contribution in [2.45, 2.75) is 6.42 Å². The number of nitrogens with zero attached hydrogens (tertiary/aromatic N) is 1. The Kier molecular flexibility index (Phi) is 4.21. The highest BCUT2D eigenvalue weighted by molar-refractivity contribution is 6.31. The van der Waals surface area contributed by atoms with Gasteiger partial charge in [0, 0.05) is 21.7 Å². The van der Waals surface area contributed by atoms with E-state index in [0.29, 0.717) is 27.9 Å². The number of H-pyrrole nitrogens is 1. The fourth-order valence-corrected chi connectivity index (χ4v) is 3.09. The number of primary amides is 1. The van der Waals surface area contributed by atoms with Gasteiger partial charge in [-0.1, -0.05) is 16.6 Å². The number of nitrogens with one attached hydrogen (secondary N) is 3. The quantitative estimate of drug-likeness (QED) is 0.648. The molecule has 0 spiro atoms. The highest BCUT2D eigenvalue weighted by Crippen LogP contribution is 2.34. The number of benzene rings is 2. The summed E-state index contributed by atoms with van der Waals surface area (Å²) < 4.78 is 0. The zero-order valence-corrected chi connectivity index (χ0v) is 14.8. The number of rotatable bonds is 3. The van der Waals surface area contributed by atoms with Gasteiger partial charge in [-0.15, -0.1) is 0 Å². The molecule has 8 heteroatoms. The van der Waals surface area contributed by atoms with Gasteiger partial charge in [0.2, 0.25) is 11.8 Å². The molecule has 1 aliphatic rings. The maximum atomic E-state index is 12.1. The van der Waals surface area contributed by atoms with Crippen LogP contribution in [0, 0.1) is 0 Å². The minimum Gasteiger partial charge on any atom is -0.366 e. The minimum absolute atomic E-state index is 0.129. The van der Waals surface area contributed by atoms with Crippen molar-refractivity contribution in [1.82, 2.24) is 4.98 Å². The Morgan fingerprint density at radius 2 is 2.00 bits per heavy atom. The molecule has 2 heterocycles. The summed E-state index contributed by atoms with van der Waals surface area (Å²) in [6.45, 7) is 0. The summed E-state index contributed by atoms with van der Waals surface area (Å²) in [6.07, 6.45) is 1.96. The third kappa shape index (κ3) is 3.45. The number of carbonyl (C=O) groups excluding carboxylic acids is 2. The van der Waals surface area contributed by atoms with Crippen LogP contribution >= 0.6 is 11.6 Å². The zero-order chi connectivity index (χ0) is 19.0. The summed E-state index contributed by atoms with van der Waals surface area (Å²) in [5, 5.41) is 6.53. The third-order valence-electron chi connectivity index (χ3n) is 4.20. The Morgan fingerprint density at radius 1 is 1.22 bits per heavy atom. The molecule has 1 aliphatic heterocycles. The number of fused-ring (bicyclic) bond motifs is 3. The van der Waals surface area contributed by atoms with Gasteiger partial charge in [0.25, 0.3) is 0 Å². The summed E-state index contributed by atoms with van der Waals surface area (Å²) in [5.74, 6) is -0.116. The molecular formula is C19H15ClN5O2+. The van der Waals surface area contributed by atoms with Crippen molar-refractivity contribution in [3.8, 4) is 11.3 Å². The second kappa shape index (κ2) is 6.69. The van der Waals surface area contributed by atoms with Gasteiger partial charge >= 0.3 is 5.95 Å². The first-order valence-corrected chi connectivity index (χ1v) is 8.55. The lowest BCUT2D eigenvalue weighted by atomic mass is 10.1. The third-order valence-corrected chi connectivity index (χ3v) is 4.44. The Balaban J connectivity index is 1.71. The summed E-state index contributed by atoms with van der Waals surface area (Å²) in [7, 11) is 0. The van der Waals surface area contributed by atoms with Crippen LogP contribution in [0.1, 0.15) is 15.9 Å². The molecule has 0 saturated heterocycles. The molecular weight excluding hydrogens is 366 g/mol. The van der Waals surface area contributed by atoms with Crippen molar-refractivity contribution < 1.29 is 14.6 Å². The van der Waals surface area contributed by atoms with Crippen molar-refractivity contribution in [2.75, 3.05) is 10.6 Å². The number of aromatic amines is 1. The fourth-order valence-electron chi connectivity index (χ4n) is 2.92. The van der Waals surface area contributed by atoms with Crippen LogP contribution in [0.15, 0.2) is 48.7 Å². The van der Waals surface area contributed by atoms with E-state index >= 15 is 0 Å². The van der Waals surface area contributed by atoms with E-state index in [2.05, 4.69) is 20.6 Å². The Morgan fingerprint density at radius 3 is 2.74 bits per heavy atom. The van der Waals surface area contributed by atoms with Crippen LogP contribution in [-0.4, -0.2) is 16.8 Å². The molecule has 0 radical (unpaired) electrons. The van der Waals surface area contributed by atoms with E-state index in [-0.39, 0.29) is 12.3 Å². The monoisotopic (exact) mass is 380 g/mol. The fraction of sp³-hybridized carbons (Fsp3) is 0.0526. The molecule has 0 unspecified atom stereocenters. The second-order valence-corrected chi connectivity index (χ2v) is 6.54. The molecule has 0 fully saturated rings. The van der Waals surface area contributed by atoms with Gasteiger partial charge in [0.1, 0.15) is 0 Å². The number of anilines is 3. The van der Waals surface area contributed by atoms with Crippen LogP contribution < -0.4 is 21.4 Å². The first-order chi connectivity index (χ1) is 13.0. The van der Waals surface area contributed by atoms with E-state index < -0.39 is 5.91 Å². The lowest BCUT2D eigenvalue weighted by molar-refractivity contribution is -0.365. The van der Waals surface area contributed by atoms with Crippen molar-refractivity contribution >= 4 is 40.7 Å². The average Bonchev–Trinajstić information content (AvgIpc) is 2.77. The van der Waals surface area contributed by atoms with Crippen LogP contribution in [0.25, 0.3) is 11.3 Å². The van der Waals surface area contributed by atoms with Crippen LogP contribution in [0.3, 0.4) is 0 Å². The molecule has 0 aliphatic carbocycles. The predicted molar refractivity (Wildman–Crippen MR) is 102 cm³/mol. The van der Waals surface area contributed by atoms with Gasteiger partial charge < -0.3 is 11.1 Å². The number of carbonyl (C=O) groups is 2. The molecule has 134 valence electrons. The van der Waals surface area contributed by atoms with Crippen molar-refractivity contribution in [2.24, 2.45) is 5.73 Å². The Bertz CT molecular complexity index is 1070. The number of hydrogen-bond donors (Lipinski definition) is 3. The van der Waals surface area contributed by atoms with Gasteiger partial charge in [-0.2, -0.15) is 0 Å². The lowest BCUT2D eigenvalue weighted by Gasteiger charge is -2.06. The largest absolute Gasteiger partial charge is 0.394 e. The SMILES string of the molecule is NC(=O)c1ccc(Nc2nc3c(c[nH+]2)CC(=O)Nc2cc(Cl)ccc2-3)cc1. The van der Waals surface area contributed by atoms with E-state index in [1.807, 2.05) is 6.07 Å². The molecule has 0 bridgehead atoms. The lowest BCUT2D eigenvalue weighted by Crippen LogP contribution is -2.17. The highest BCUT2D eigenvalue weighted by Gasteiger charge is 2.24. The smallest absolute Gasteiger partial charge is 0.366 e. The van der Waals surface area contributed by atoms with E-state index in [9.17, 15) is 9.59 Å². The number of amides is 2. The molecule has 27 heavy (non-hydrogen) atoms. The minimum atomic E-state index is -0.483. The maximum Gasteiger partial charge on any atom is 0.394 e. The molecule has 0 saturated carbocycles. The molecule has 1 aromatic heterocycles. The predicted octanol–water partition coefficient (Wildman–Crippen LogP) is 2.55. The van der Waals surface area contributed by atoms with Crippen LogP contribution in [-0.2, 0) is 11.2 Å². The molecule has 7 nitrogen and oxygen atoms in total. The number of halogens is 1. The number of aromatic nitrogens is 2. The molecule has 0 atom stereocenters. The van der Waals surface area contributed by atoms with E-state index in [1.165, 1.54) is 0 Å². The van der Waals surface area contributed by atoms with Gasteiger partial charge in [-0.25, -0.2) is 10.3 Å². The Labute approximate surface area is 159 Å². The van der Waals surface area contributed by atoms with Gasteiger partial charge in [-0.05, 0) is 42.5 Å². The normalized spacial score (nSPS) is 12.4. The molecule has 2 amide bonds. The van der Waals surface area contributed by atoms with E-state index in [1.54, 1.807) is 42.6 Å². The molecule has 2 aromatic carbocycles. The van der Waals surface area contributed by atoms with E-state index in [4.69, 9.17) is 17.3 Å². The first kappa shape index (κ1) is 17.0. The molecule has 3 aromatic rings. The van der Waals surface area contributed by atoms with Crippen LogP contribution in [0.4, 0.5) is 17.3 Å². The van der Waals surface area contributed by atoms with Gasteiger partial charge in [0.05, 0.1) is 24.0 Å².